The molecule has 0 saturated heterocycles. The van der Waals surface area contributed by atoms with Crippen LogP contribution in [0.3, 0.4) is 0 Å². The van der Waals surface area contributed by atoms with Gasteiger partial charge in [0.15, 0.2) is 0 Å². The Morgan fingerprint density at radius 3 is 3.12 bits per heavy atom. The summed E-state index contributed by atoms with van der Waals surface area (Å²) in [6, 6.07) is 1.89. The standard InChI is InChI=1S/C12H19N3O/c1-10-13-7-5-12(15-10)14-6-2-8-16-9-11-3-4-11/h5,7,11H,2-4,6,8-9H2,1H3,(H,13,14,15). The third-order valence-corrected chi connectivity index (χ3v) is 2.60. The zero-order valence-corrected chi connectivity index (χ0v) is 9.78. The number of nitrogens with one attached hydrogen (secondary N) is 1. The number of ether oxygens (including phenoxy) is 1. The molecule has 0 atom stereocenters. The zero-order valence-electron chi connectivity index (χ0n) is 9.78. The smallest absolute Gasteiger partial charge is 0.129 e. The fourth-order valence-electron chi connectivity index (χ4n) is 1.48. The zero-order chi connectivity index (χ0) is 11.2. The SMILES string of the molecule is Cc1nccc(NCCCOCC2CC2)n1. The van der Waals surface area contributed by atoms with Gasteiger partial charge in [0.1, 0.15) is 11.6 Å². The lowest BCUT2D eigenvalue weighted by Crippen LogP contribution is -2.08. The fourth-order valence-corrected chi connectivity index (χ4v) is 1.48. The largest absolute Gasteiger partial charge is 0.381 e. The molecule has 1 fully saturated rings. The van der Waals surface area contributed by atoms with Crippen molar-refractivity contribution < 1.29 is 4.74 Å². The summed E-state index contributed by atoms with van der Waals surface area (Å²) < 4.78 is 5.55. The Hall–Kier alpha value is -1.16. The van der Waals surface area contributed by atoms with Crippen molar-refractivity contribution in [3.05, 3.63) is 18.1 Å². The quantitative estimate of drug-likeness (QED) is 0.715. The van der Waals surface area contributed by atoms with Crippen LogP contribution in [0.4, 0.5) is 5.82 Å². The minimum Gasteiger partial charge on any atom is -0.381 e. The van der Waals surface area contributed by atoms with E-state index in [1.165, 1.54) is 12.8 Å². The van der Waals surface area contributed by atoms with Gasteiger partial charge in [0.25, 0.3) is 0 Å². The van der Waals surface area contributed by atoms with E-state index in [1.807, 2.05) is 13.0 Å². The number of aromatic nitrogens is 2. The molecule has 4 nitrogen and oxygen atoms in total. The summed E-state index contributed by atoms with van der Waals surface area (Å²) in [4.78, 5) is 8.31. The highest BCUT2D eigenvalue weighted by molar-refractivity contribution is 5.32. The first-order chi connectivity index (χ1) is 7.84. The first-order valence-corrected chi connectivity index (χ1v) is 5.96. The van der Waals surface area contributed by atoms with Gasteiger partial charge in [-0.3, -0.25) is 0 Å². The molecule has 1 aliphatic carbocycles. The summed E-state index contributed by atoms with van der Waals surface area (Å²) in [6.45, 7) is 4.59. The second-order valence-corrected chi connectivity index (χ2v) is 4.29. The topological polar surface area (TPSA) is 47.0 Å². The Bertz CT molecular complexity index is 326. The van der Waals surface area contributed by atoms with Gasteiger partial charge in [0.05, 0.1) is 0 Å². The maximum atomic E-state index is 5.55. The Balaban J connectivity index is 1.53. The number of hydrogen-bond acceptors (Lipinski definition) is 4. The average molecular weight is 221 g/mol. The van der Waals surface area contributed by atoms with Crippen LogP contribution in [-0.2, 0) is 4.74 Å². The summed E-state index contributed by atoms with van der Waals surface area (Å²) in [5.74, 6) is 2.56. The predicted molar refractivity (Wildman–Crippen MR) is 63.4 cm³/mol. The van der Waals surface area contributed by atoms with E-state index < -0.39 is 0 Å². The van der Waals surface area contributed by atoms with Gasteiger partial charge in [0, 0.05) is 26.0 Å². The van der Waals surface area contributed by atoms with Gasteiger partial charge in [-0.15, -0.1) is 0 Å². The molecule has 1 aliphatic rings. The van der Waals surface area contributed by atoms with Crippen LogP contribution in [0.15, 0.2) is 12.3 Å². The Kier molecular flexibility index (Phi) is 4.10. The van der Waals surface area contributed by atoms with Crippen molar-refractivity contribution in [3.8, 4) is 0 Å². The highest BCUT2D eigenvalue weighted by atomic mass is 16.5. The van der Waals surface area contributed by atoms with E-state index in [4.69, 9.17) is 4.74 Å². The van der Waals surface area contributed by atoms with E-state index >= 15 is 0 Å². The van der Waals surface area contributed by atoms with Crippen LogP contribution in [0.1, 0.15) is 25.1 Å². The van der Waals surface area contributed by atoms with Crippen molar-refractivity contribution >= 4 is 5.82 Å². The number of aryl methyl sites for hydroxylation is 1. The van der Waals surface area contributed by atoms with E-state index in [0.29, 0.717) is 0 Å². The van der Waals surface area contributed by atoms with Crippen molar-refractivity contribution in [1.82, 2.24) is 9.97 Å². The van der Waals surface area contributed by atoms with Gasteiger partial charge < -0.3 is 10.1 Å². The first-order valence-electron chi connectivity index (χ1n) is 5.96. The maximum Gasteiger partial charge on any atom is 0.129 e. The van der Waals surface area contributed by atoms with Crippen molar-refractivity contribution in [3.63, 3.8) is 0 Å². The molecule has 4 heteroatoms. The predicted octanol–water partition coefficient (Wildman–Crippen LogP) is 2.01. The summed E-state index contributed by atoms with van der Waals surface area (Å²) in [5.41, 5.74) is 0. The van der Waals surface area contributed by atoms with Crippen molar-refractivity contribution in [2.75, 3.05) is 25.1 Å². The molecular weight excluding hydrogens is 202 g/mol. The highest BCUT2D eigenvalue weighted by Gasteiger charge is 2.20. The van der Waals surface area contributed by atoms with Gasteiger partial charge in [-0.2, -0.15) is 0 Å². The normalized spacial score (nSPS) is 15.1. The Morgan fingerprint density at radius 2 is 2.38 bits per heavy atom. The van der Waals surface area contributed by atoms with Gasteiger partial charge >= 0.3 is 0 Å². The van der Waals surface area contributed by atoms with E-state index in [2.05, 4.69) is 15.3 Å². The third-order valence-electron chi connectivity index (χ3n) is 2.60. The van der Waals surface area contributed by atoms with Crippen molar-refractivity contribution in [2.24, 2.45) is 5.92 Å². The van der Waals surface area contributed by atoms with Gasteiger partial charge in [0.2, 0.25) is 0 Å². The molecular formula is C12H19N3O. The number of nitrogens with zero attached hydrogens (tertiary/aromatic N) is 2. The van der Waals surface area contributed by atoms with Gasteiger partial charge in [-0.05, 0) is 38.2 Å². The minimum atomic E-state index is 0.801. The third kappa shape index (κ3) is 4.14. The van der Waals surface area contributed by atoms with Crippen molar-refractivity contribution in [2.45, 2.75) is 26.2 Å². The molecule has 0 aliphatic heterocycles. The summed E-state index contributed by atoms with van der Waals surface area (Å²) in [6.07, 6.45) is 5.51. The second-order valence-electron chi connectivity index (χ2n) is 4.29. The van der Waals surface area contributed by atoms with Crippen LogP contribution in [0.2, 0.25) is 0 Å². The van der Waals surface area contributed by atoms with Crippen LogP contribution in [0.25, 0.3) is 0 Å². The average Bonchev–Trinajstić information content (AvgIpc) is 3.07. The molecule has 1 aromatic heterocycles. The monoisotopic (exact) mass is 221 g/mol. The van der Waals surface area contributed by atoms with Crippen LogP contribution < -0.4 is 5.32 Å². The molecule has 0 spiro atoms. The van der Waals surface area contributed by atoms with Crippen LogP contribution in [0, 0.1) is 12.8 Å². The lowest BCUT2D eigenvalue weighted by atomic mass is 10.4. The molecule has 0 bridgehead atoms. The molecule has 16 heavy (non-hydrogen) atoms. The summed E-state index contributed by atoms with van der Waals surface area (Å²) in [7, 11) is 0. The first kappa shape index (κ1) is 11.3. The van der Waals surface area contributed by atoms with Crippen LogP contribution in [0.5, 0.6) is 0 Å². The molecule has 2 rings (SSSR count). The summed E-state index contributed by atoms with van der Waals surface area (Å²) in [5, 5.41) is 3.26. The molecule has 0 unspecified atom stereocenters. The van der Waals surface area contributed by atoms with E-state index in [1.54, 1.807) is 6.20 Å². The van der Waals surface area contributed by atoms with Crippen molar-refractivity contribution in [1.29, 1.82) is 0 Å². The summed E-state index contributed by atoms with van der Waals surface area (Å²) >= 11 is 0. The molecule has 1 heterocycles. The van der Waals surface area contributed by atoms with E-state index in [0.717, 1.165) is 43.7 Å². The molecule has 1 aromatic rings. The van der Waals surface area contributed by atoms with Gasteiger partial charge in [-0.1, -0.05) is 0 Å². The van der Waals surface area contributed by atoms with E-state index in [-0.39, 0.29) is 0 Å². The lowest BCUT2D eigenvalue weighted by molar-refractivity contribution is 0.124. The highest BCUT2D eigenvalue weighted by Crippen LogP contribution is 2.28. The van der Waals surface area contributed by atoms with E-state index in [9.17, 15) is 0 Å². The molecule has 88 valence electrons. The molecule has 1 saturated carbocycles. The van der Waals surface area contributed by atoms with Gasteiger partial charge in [-0.25, -0.2) is 9.97 Å². The Labute approximate surface area is 96.4 Å². The molecule has 1 N–H and O–H groups in total. The molecule has 0 aromatic carbocycles. The Morgan fingerprint density at radius 1 is 1.50 bits per heavy atom. The van der Waals surface area contributed by atoms with Crippen LogP contribution in [-0.4, -0.2) is 29.7 Å². The van der Waals surface area contributed by atoms with Crippen LogP contribution >= 0.6 is 0 Å². The minimum absolute atomic E-state index is 0.801. The number of anilines is 1. The number of rotatable bonds is 7. The molecule has 0 radical (unpaired) electrons. The molecule has 0 amide bonds. The second kappa shape index (κ2) is 5.80. The maximum absolute atomic E-state index is 5.55. The fraction of sp³-hybridized carbons (Fsp3) is 0.667. The lowest BCUT2D eigenvalue weighted by Gasteiger charge is -2.06. The number of hydrogen-bond donors (Lipinski definition) is 1.